The summed E-state index contributed by atoms with van der Waals surface area (Å²) in [4.78, 5) is 31.0. The molecule has 1 saturated carbocycles. The van der Waals surface area contributed by atoms with Crippen LogP contribution in [0, 0.1) is 18.3 Å². The monoisotopic (exact) mass is 456 g/mol. The minimum Gasteiger partial charge on any atom is -0.357 e. The Morgan fingerprint density at radius 2 is 1.87 bits per heavy atom. The van der Waals surface area contributed by atoms with Gasteiger partial charge in [-0.2, -0.15) is 5.26 Å². The van der Waals surface area contributed by atoms with E-state index in [-0.39, 0.29) is 23.1 Å². The lowest BCUT2D eigenvalue weighted by molar-refractivity contribution is -0.123. The topological polar surface area (TPSA) is 69.3 Å². The van der Waals surface area contributed by atoms with E-state index in [0.29, 0.717) is 21.3 Å². The van der Waals surface area contributed by atoms with Crippen molar-refractivity contribution in [2.45, 2.75) is 71.4 Å². The van der Waals surface area contributed by atoms with Crippen LogP contribution in [0.15, 0.2) is 9.70 Å². The van der Waals surface area contributed by atoms with Crippen LogP contribution in [0.25, 0.3) is 6.08 Å². The largest absolute Gasteiger partial charge is 0.357 e. The Morgan fingerprint density at radius 1 is 1.19 bits per heavy atom. The molecule has 31 heavy (non-hydrogen) atoms. The summed E-state index contributed by atoms with van der Waals surface area (Å²) < 4.78 is 2.35. The molecule has 0 bridgehead atoms. The fourth-order valence-corrected chi connectivity index (χ4v) is 6.32. The summed E-state index contributed by atoms with van der Waals surface area (Å²) in [6, 6.07) is 2.31. The van der Waals surface area contributed by atoms with E-state index in [0.717, 1.165) is 69.4 Å². The van der Waals surface area contributed by atoms with E-state index < -0.39 is 0 Å². The molecule has 8 heteroatoms. The van der Waals surface area contributed by atoms with Crippen LogP contribution in [0.4, 0.5) is 5.82 Å². The third-order valence-electron chi connectivity index (χ3n) is 6.49. The van der Waals surface area contributed by atoms with E-state index in [4.69, 9.17) is 12.2 Å². The second-order valence-corrected chi connectivity index (χ2v) is 10.2. The molecule has 0 spiro atoms. The van der Waals surface area contributed by atoms with Gasteiger partial charge in [0.1, 0.15) is 21.8 Å². The van der Waals surface area contributed by atoms with Crippen LogP contribution >= 0.6 is 24.0 Å². The number of nitriles is 1. The molecule has 0 unspecified atom stereocenters. The summed E-state index contributed by atoms with van der Waals surface area (Å²) in [6.07, 6.45) is 9.07. The van der Waals surface area contributed by atoms with E-state index >= 15 is 0 Å². The van der Waals surface area contributed by atoms with Gasteiger partial charge in [-0.15, -0.1) is 0 Å². The molecular weight excluding hydrogens is 428 g/mol. The van der Waals surface area contributed by atoms with Gasteiger partial charge < -0.3 is 4.90 Å². The van der Waals surface area contributed by atoms with Gasteiger partial charge in [0.05, 0.1) is 4.91 Å². The van der Waals surface area contributed by atoms with Crippen molar-refractivity contribution in [2.75, 3.05) is 18.0 Å². The maximum atomic E-state index is 13.3. The lowest BCUT2D eigenvalue weighted by Crippen LogP contribution is -2.36. The highest BCUT2D eigenvalue weighted by molar-refractivity contribution is 8.26. The van der Waals surface area contributed by atoms with Crippen molar-refractivity contribution < 1.29 is 4.79 Å². The molecule has 1 aliphatic carbocycles. The fraction of sp³-hybridized carbons (Fsp3) is 0.565. The van der Waals surface area contributed by atoms with Gasteiger partial charge in [-0.25, -0.2) is 0 Å². The van der Waals surface area contributed by atoms with Crippen molar-refractivity contribution in [3.05, 3.63) is 31.9 Å². The van der Waals surface area contributed by atoms with Gasteiger partial charge in [-0.1, -0.05) is 43.7 Å². The number of carbonyl (C=O) groups is 1. The predicted molar refractivity (Wildman–Crippen MR) is 129 cm³/mol. The summed E-state index contributed by atoms with van der Waals surface area (Å²) in [5.41, 5.74) is 1.37. The van der Waals surface area contributed by atoms with Crippen molar-refractivity contribution in [3.8, 4) is 6.07 Å². The van der Waals surface area contributed by atoms with Crippen LogP contribution in [-0.2, 0) is 11.3 Å². The normalized spacial score (nSPS) is 21.0. The minimum absolute atomic E-state index is 0.0413. The number of hydrogen-bond acceptors (Lipinski definition) is 6. The zero-order chi connectivity index (χ0) is 22.1. The molecule has 1 aromatic rings. The lowest BCUT2D eigenvalue weighted by atomic mass is 10.0. The highest BCUT2D eigenvalue weighted by atomic mass is 32.2. The van der Waals surface area contributed by atoms with Crippen LogP contribution in [0.1, 0.15) is 68.6 Å². The number of nitrogens with zero attached hydrogens (tertiary/aromatic N) is 4. The van der Waals surface area contributed by atoms with Gasteiger partial charge in [0, 0.05) is 31.2 Å². The number of anilines is 1. The molecule has 0 atom stereocenters. The zero-order valence-electron chi connectivity index (χ0n) is 18.1. The predicted octanol–water partition coefficient (Wildman–Crippen LogP) is 4.18. The Hall–Kier alpha value is -2.11. The van der Waals surface area contributed by atoms with Crippen LogP contribution in [0.2, 0.25) is 0 Å². The highest BCUT2D eigenvalue weighted by Crippen LogP contribution is 2.39. The Morgan fingerprint density at radius 3 is 2.48 bits per heavy atom. The molecule has 1 amide bonds. The summed E-state index contributed by atoms with van der Waals surface area (Å²) in [5, 5.41) is 9.71. The quantitative estimate of drug-likeness (QED) is 0.489. The van der Waals surface area contributed by atoms with Crippen LogP contribution in [-0.4, -0.2) is 38.8 Å². The van der Waals surface area contributed by atoms with Crippen molar-refractivity contribution in [1.29, 1.82) is 5.26 Å². The van der Waals surface area contributed by atoms with Gasteiger partial charge in [0.25, 0.3) is 11.5 Å². The number of pyridine rings is 1. The summed E-state index contributed by atoms with van der Waals surface area (Å²) in [6.45, 7) is 6.14. The highest BCUT2D eigenvalue weighted by Gasteiger charge is 2.38. The second kappa shape index (κ2) is 9.17. The smallest absolute Gasteiger partial charge is 0.270 e. The maximum absolute atomic E-state index is 13.3. The first kappa shape index (κ1) is 22.1. The third-order valence-corrected chi connectivity index (χ3v) is 7.82. The third kappa shape index (κ3) is 3.94. The van der Waals surface area contributed by atoms with Crippen molar-refractivity contribution >= 4 is 46.1 Å². The average molecular weight is 457 g/mol. The van der Waals surface area contributed by atoms with Crippen LogP contribution in [0.5, 0.6) is 0 Å². The lowest BCUT2D eigenvalue weighted by Gasteiger charge is -2.26. The van der Waals surface area contributed by atoms with Gasteiger partial charge in [0.2, 0.25) is 0 Å². The summed E-state index contributed by atoms with van der Waals surface area (Å²) in [5.74, 6) is 0.799. The fourth-order valence-electron chi connectivity index (χ4n) is 4.93. The number of aromatic nitrogens is 1. The van der Waals surface area contributed by atoms with Gasteiger partial charge in [0.15, 0.2) is 0 Å². The molecule has 0 radical (unpaired) electrons. The molecule has 6 nitrogen and oxygen atoms in total. The zero-order valence-corrected chi connectivity index (χ0v) is 19.8. The van der Waals surface area contributed by atoms with E-state index in [1.54, 1.807) is 9.47 Å². The summed E-state index contributed by atoms with van der Waals surface area (Å²) in [7, 11) is 0. The molecule has 3 heterocycles. The SMILES string of the molecule is CCCn1c(N2CCCC2)c(/C=C2\SC(=S)N(C3CCCC3)C2=O)c(C)c(C#N)c1=O. The number of hydrogen-bond donors (Lipinski definition) is 0. The van der Waals surface area contributed by atoms with Crippen LogP contribution < -0.4 is 10.5 Å². The van der Waals surface area contributed by atoms with Crippen molar-refractivity contribution in [3.63, 3.8) is 0 Å². The molecular formula is C23H28N4O2S2. The number of carbonyl (C=O) groups excluding carboxylic acids is 1. The summed E-state index contributed by atoms with van der Waals surface area (Å²) >= 11 is 6.91. The number of thioether (sulfide) groups is 1. The number of rotatable bonds is 5. The van der Waals surface area contributed by atoms with Gasteiger partial charge >= 0.3 is 0 Å². The molecule has 2 aliphatic heterocycles. The molecule has 3 aliphatic rings. The molecule has 0 aromatic carbocycles. The molecule has 4 rings (SSSR count). The van der Waals surface area contributed by atoms with Crippen molar-refractivity contribution in [1.82, 2.24) is 9.47 Å². The van der Waals surface area contributed by atoms with E-state index in [1.807, 2.05) is 19.9 Å². The van der Waals surface area contributed by atoms with E-state index in [1.165, 1.54) is 11.8 Å². The number of thiocarbonyl (C=S) groups is 1. The molecule has 0 N–H and O–H groups in total. The van der Waals surface area contributed by atoms with Gasteiger partial charge in [-0.3, -0.25) is 19.1 Å². The Bertz CT molecular complexity index is 1040. The van der Waals surface area contributed by atoms with E-state index in [2.05, 4.69) is 11.0 Å². The molecule has 3 fully saturated rings. The first-order valence-electron chi connectivity index (χ1n) is 11.2. The molecule has 164 valence electrons. The standard InChI is InChI=1S/C23H28N4O2S2/c1-3-10-26-20(25-11-6-7-12-25)17(15(2)18(14-24)21(26)28)13-19-22(29)27(23(30)31-19)16-8-4-5-9-16/h13,16H,3-12H2,1-2H3/b19-13-. The Labute approximate surface area is 192 Å². The van der Waals surface area contributed by atoms with Crippen LogP contribution in [0.3, 0.4) is 0 Å². The van der Waals surface area contributed by atoms with Crippen molar-refractivity contribution in [2.24, 2.45) is 0 Å². The number of amides is 1. The van der Waals surface area contributed by atoms with Gasteiger partial charge in [-0.05, 0) is 50.7 Å². The second-order valence-electron chi connectivity index (χ2n) is 8.49. The minimum atomic E-state index is -0.237. The first-order chi connectivity index (χ1) is 15.0. The first-order valence-corrected chi connectivity index (χ1v) is 12.4. The molecule has 1 aromatic heterocycles. The maximum Gasteiger partial charge on any atom is 0.270 e. The molecule has 2 saturated heterocycles. The average Bonchev–Trinajstić information content (AvgIpc) is 3.49. The Balaban J connectivity index is 1.86. The Kier molecular flexibility index (Phi) is 6.54. The van der Waals surface area contributed by atoms with E-state index in [9.17, 15) is 14.9 Å².